The van der Waals surface area contributed by atoms with Gasteiger partial charge in [-0.05, 0) is 31.2 Å². The normalized spacial score (nSPS) is 10.0. The van der Waals surface area contributed by atoms with Crippen LogP contribution in [0.5, 0.6) is 0 Å². The number of nitrogens with zero attached hydrogens (tertiary/aromatic N) is 2. The SMILES string of the molecule is Cc1cccc(N(C)C(=O)c2ccccc2)n1. The molecule has 0 aliphatic carbocycles. The number of amides is 1. The van der Waals surface area contributed by atoms with Crippen LogP contribution in [0.3, 0.4) is 0 Å². The average molecular weight is 226 g/mol. The van der Waals surface area contributed by atoms with Crippen molar-refractivity contribution in [3.05, 3.63) is 59.8 Å². The van der Waals surface area contributed by atoms with Crippen LogP contribution in [0.4, 0.5) is 5.82 Å². The summed E-state index contributed by atoms with van der Waals surface area (Å²) < 4.78 is 0. The van der Waals surface area contributed by atoms with Gasteiger partial charge in [-0.3, -0.25) is 9.69 Å². The van der Waals surface area contributed by atoms with Crippen LogP contribution in [0.25, 0.3) is 0 Å². The maximum atomic E-state index is 12.1. The van der Waals surface area contributed by atoms with Crippen LogP contribution in [-0.4, -0.2) is 17.9 Å². The highest BCUT2D eigenvalue weighted by Gasteiger charge is 2.13. The molecule has 1 heterocycles. The van der Waals surface area contributed by atoms with E-state index in [4.69, 9.17) is 0 Å². The molecule has 17 heavy (non-hydrogen) atoms. The predicted octanol–water partition coefficient (Wildman–Crippen LogP) is 2.67. The monoisotopic (exact) mass is 226 g/mol. The Kier molecular flexibility index (Phi) is 3.19. The molecule has 0 N–H and O–H groups in total. The van der Waals surface area contributed by atoms with E-state index in [1.807, 2.05) is 43.3 Å². The average Bonchev–Trinajstić information content (AvgIpc) is 2.38. The molecule has 2 aromatic rings. The van der Waals surface area contributed by atoms with E-state index >= 15 is 0 Å². The van der Waals surface area contributed by atoms with Crippen molar-refractivity contribution in [3.8, 4) is 0 Å². The number of carbonyl (C=O) groups is 1. The van der Waals surface area contributed by atoms with Crippen LogP contribution in [0.1, 0.15) is 16.1 Å². The molecule has 0 aliphatic heterocycles. The van der Waals surface area contributed by atoms with Crippen molar-refractivity contribution in [2.75, 3.05) is 11.9 Å². The number of hydrogen-bond acceptors (Lipinski definition) is 2. The van der Waals surface area contributed by atoms with Gasteiger partial charge in [0.1, 0.15) is 5.82 Å². The third kappa shape index (κ3) is 2.50. The van der Waals surface area contributed by atoms with Gasteiger partial charge in [0.2, 0.25) is 0 Å². The lowest BCUT2D eigenvalue weighted by molar-refractivity contribution is 0.0992. The Morgan fingerprint density at radius 1 is 1.06 bits per heavy atom. The van der Waals surface area contributed by atoms with E-state index in [9.17, 15) is 4.79 Å². The zero-order valence-electron chi connectivity index (χ0n) is 9.92. The summed E-state index contributed by atoms with van der Waals surface area (Å²) in [6, 6.07) is 14.8. The zero-order valence-corrected chi connectivity index (χ0v) is 9.92. The number of benzene rings is 1. The van der Waals surface area contributed by atoms with E-state index in [0.717, 1.165) is 5.69 Å². The standard InChI is InChI=1S/C14H14N2O/c1-11-7-6-10-13(15-11)16(2)14(17)12-8-4-3-5-9-12/h3-10H,1-2H3. The topological polar surface area (TPSA) is 33.2 Å². The fourth-order valence-electron chi connectivity index (χ4n) is 1.59. The molecule has 0 fully saturated rings. The Bertz CT molecular complexity index is 523. The number of aromatic nitrogens is 1. The smallest absolute Gasteiger partial charge is 0.259 e. The maximum Gasteiger partial charge on any atom is 0.259 e. The zero-order chi connectivity index (χ0) is 12.3. The van der Waals surface area contributed by atoms with Gasteiger partial charge < -0.3 is 0 Å². The Balaban J connectivity index is 2.27. The first kappa shape index (κ1) is 11.3. The molecule has 0 bridgehead atoms. The molecule has 0 saturated carbocycles. The molecule has 2 rings (SSSR count). The highest BCUT2D eigenvalue weighted by Crippen LogP contribution is 2.12. The van der Waals surface area contributed by atoms with Crippen LogP contribution in [0.2, 0.25) is 0 Å². The molecular weight excluding hydrogens is 212 g/mol. The van der Waals surface area contributed by atoms with Crippen molar-refractivity contribution in [1.29, 1.82) is 0 Å². The van der Waals surface area contributed by atoms with Crippen molar-refractivity contribution in [3.63, 3.8) is 0 Å². The summed E-state index contributed by atoms with van der Waals surface area (Å²) in [4.78, 5) is 18.0. The highest BCUT2D eigenvalue weighted by molar-refractivity contribution is 6.05. The Morgan fingerprint density at radius 2 is 1.76 bits per heavy atom. The Hall–Kier alpha value is -2.16. The first-order chi connectivity index (χ1) is 8.18. The highest BCUT2D eigenvalue weighted by atomic mass is 16.2. The van der Waals surface area contributed by atoms with Crippen molar-refractivity contribution < 1.29 is 4.79 Å². The largest absolute Gasteiger partial charge is 0.296 e. The van der Waals surface area contributed by atoms with Crippen molar-refractivity contribution in [2.45, 2.75) is 6.92 Å². The molecule has 1 aromatic heterocycles. The van der Waals surface area contributed by atoms with Crippen LogP contribution in [-0.2, 0) is 0 Å². The molecule has 0 aliphatic rings. The lowest BCUT2D eigenvalue weighted by Crippen LogP contribution is -2.27. The minimum absolute atomic E-state index is 0.0521. The number of carbonyl (C=O) groups excluding carboxylic acids is 1. The van der Waals surface area contributed by atoms with Crippen LogP contribution in [0, 0.1) is 6.92 Å². The van der Waals surface area contributed by atoms with Crippen molar-refractivity contribution in [1.82, 2.24) is 4.98 Å². The van der Waals surface area contributed by atoms with E-state index in [-0.39, 0.29) is 5.91 Å². The van der Waals surface area contributed by atoms with Gasteiger partial charge in [0.15, 0.2) is 0 Å². The van der Waals surface area contributed by atoms with Gasteiger partial charge in [0.05, 0.1) is 0 Å². The fraction of sp³-hybridized carbons (Fsp3) is 0.143. The lowest BCUT2D eigenvalue weighted by Gasteiger charge is -2.16. The number of rotatable bonds is 2. The first-order valence-electron chi connectivity index (χ1n) is 5.45. The summed E-state index contributed by atoms with van der Waals surface area (Å²) >= 11 is 0. The number of pyridine rings is 1. The van der Waals surface area contributed by atoms with Gasteiger partial charge in [0, 0.05) is 18.3 Å². The van der Waals surface area contributed by atoms with E-state index in [0.29, 0.717) is 11.4 Å². The van der Waals surface area contributed by atoms with Gasteiger partial charge in [-0.2, -0.15) is 0 Å². The Labute approximate surface area is 101 Å². The van der Waals surface area contributed by atoms with E-state index < -0.39 is 0 Å². The summed E-state index contributed by atoms with van der Waals surface area (Å²) in [6.07, 6.45) is 0. The summed E-state index contributed by atoms with van der Waals surface area (Å²) in [5.41, 5.74) is 1.56. The number of aryl methyl sites for hydroxylation is 1. The maximum absolute atomic E-state index is 12.1. The van der Waals surface area contributed by atoms with Gasteiger partial charge >= 0.3 is 0 Å². The Morgan fingerprint density at radius 3 is 2.41 bits per heavy atom. The molecule has 0 atom stereocenters. The third-order valence-electron chi connectivity index (χ3n) is 2.54. The molecule has 0 spiro atoms. The molecule has 0 radical (unpaired) electrons. The summed E-state index contributed by atoms with van der Waals surface area (Å²) in [5.74, 6) is 0.613. The lowest BCUT2D eigenvalue weighted by atomic mass is 10.2. The van der Waals surface area contributed by atoms with E-state index in [1.165, 1.54) is 0 Å². The van der Waals surface area contributed by atoms with Gasteiger partial charge in [0.25, 0.3) is 5.91 Å². The predicted molar refractivity (Wildman–Crippen MR) is 68.1 cm³/mol. The number of anilines is 1. The molecule has 1 amide bonds. The van der Waals surface area contributed by atoms with Crippen molar-refractivity contribution in [2.24, 2.45) is 0 Å². The van der Waals surface area contributed by atoms with Gasteiger partial charge in [-0.25, -0.2) is 4.98 Å². The van der Waals surface area contributed by atoms with Gasteiger partial charge in [-0.15, -0.1) is 0 Å². The summed E-state index contributed by atoms with van der Waals surface area (Å²) in [7, 11) is 1.73. The summed E-state index contributed by atoms with van der Waals surface area (Å²) in [6.45, 7) is 1.91. The molecule has 86 valence electrons. The van der Waals surface area contributed by atoms with Gasteiger partial charge in [-0.1, -0.05) is 24.3 Å². The van der Waals surface area contributed by atoms with Crippen LogP contribution < -0.4 is 4.90 Å². The molecule has 0 unspecified atom stereocenters. The molecule has 0 saturated heterocycles. The minimum Gasteiger partial charge on any atom is -0.296 e. The second-order valence-corrected chi connectivity index (χ2v) is 3.87. The third-order valence-corrected chi connectivity index (χ3v) is 2.54. The van der Waals surface area contributed by atoms with E-state index in [1.54, 1.807) is 24.1 Å². The second-order valence-electron chi connectivity index (χ2n) is 3.87. The second kappa shape index (κ2) is 4.78. The number of hydrogen-bond donors (Lipinski definition) is 0. The minimum atomic E-state index is -0.0521. The van der Waals surface area contributed by atoms with Crippen molar-refractivity contribution >= 4 is 11.7 Å². The summed E-state index contributed by atoms with van der Waals surface area (Å²) in [5, 5.41) is 0. The molecule has 1 aromatic carbocycles. The molecule has 3 heteroatoms. The first-order valence-corrected chi connectivity index (χ1v) is 5.45. The fourth-order valence-corrected chi connectivity index (χ4v) is 1.59. The van der Waals surface area contributed by atoms with Crippen LogP contribution in [0.15, 0.2) is 48.5 Å². The van der Waals surface area contributed by atoms with E-state index in [2.05, 4.69) is 4.98 Å². The van der Waals surface area contributed by atoms with Crippen LogP contribution >= 0.6 is 0 Å². The quantitative estimate of drug-likeness (QED) is 0.788. The molecular formula is C14H14N2O. The molecule has 3 nitrogen and oxygen atoms in total.